The Morgan fingerprint density at radius 2 is 0.500 bits per heavy atom. The minimum Gasteiger partial charge on any atom is -0.307 e. The van der Waals surface area contributed by atoms with Crippen molar-refractivity contribution in [3.63, 3.8) is 0 Å². The van der Waals surface area contributed by atoms with Crippen molar-refractivity contribution in [3.05, 3.63) is 164 Å². The lowest BCUT2D eigenvalue weighted by atomic mass is 9.73. The molecule has 2 aliphatic rings. The summed E-state index contributed by atoms with van der Waals surface area (Å²) in [5, 5.41) is 0. The van der Waals surface area contributed by atoms with Crippen LogP contribution in [0.3, 0.4) is 0 Å². The zero-order chi connectivity index (χ0) is 43.3. The van der Waals surface area contributed by atoms with Gasteiger partial charge >= 0.3 is 0 Å². The molecule has 2 aromatic heterocycles. The molecule has 0 unspecified atom stereocenters. The van der Waals surface area contributed by atoms with Gasteiger partial charge in [-0.15, -0.1) is 45.3 Å². The molecule has 0 aliphatic carbocycles. The van der Waals surface area contributed by atoms with Crippen molar-refractivity contribution in [3.8, 4) is 0 Å². The highest BCUT2D eigenvalue weighted by Gasteiger charge is 2.41. The lowest BCUT2D eigenvalue weighted by Gasteiger charge is -2.44. The smallest absolute Gasteiger partial charge is 0.0838 e. The van der Waals surface area contributed by atoms with E-state index in [0.717, 1.165) is 0 Å². The summed E-state index contributed by atoms with van der Waals surface area (Å²) in [7, 11) is 0. The summed E-state index contributed by atoms with van der Waals surface area (Å²) in [6, 6.07) is 36.8. The van der Waals surface area contributed by atoms with E-state index in [1.54, 1.807) is 0 Å². The maximum absolute atomic E-state index is 2.67. The lowest BCUT2D eigenvalue weighted by molar-refractivity contribution is 0.632. The van der Waals surface area contributed by atoms with E-state index < -0.39 is 0 Å². The van der Waals surface area contributed by atoms with E-state index in [0.29, 0.717) is 0 Å². The molecule has 0 atom stereocenters. The van der Waals surface area contributed by atoms with Gasteiger partial charge in [0.15, 0.2) is 0 Å². The average Bonchev–Trinajstić information content (AvgIpc) is 3.28. The number of aryl methyl sites for hydroxylation is 4. The van der Waals surface area contributed by atoms with E-state index in [9.17, 15) is 0 Å². The van der Waals surface area contributed by atoms with Crippen LogP contribution in [-0.4, -0.2) is 0 Å². The summed E-state index contributed by atoms with van der Waals surface area (Å²) in [5.74, 6) is 0. The van der Waals surface area contributed by atoms with Crippen LogP contribution in [0.5, 0.6) is 0 Å². The quantitative estimate of drug-likeness (QED) is 0.160. The Hall–Kier alpha value is -4.98. The number of anilines is 6. The molecule has 0 saturated carbocycles. The third-order valence-corrected chi connectivity index (χ3v) is 20.7. The fourth-order valence-electron chi connectivity index (χ4n) is 10.6. The molecular formula is C56H52N2S4. The average molecular weight is 881 g/mol. The van der Waals surface area contributed by atoms with E-state index in [-0.39, 0.29) is 10.8 Å². The summed E-state index contributed by atoms with van der Waals surface area (Å²) >= 11 is 8.05. The molecule has 0 radical (unpaired) electrons. The fourth-order valence-corrected chi connectivity index (χ4v) is 16.7. The third kappa shape index (κ3) is 5.24. The predicted molar refractivity (Wildman–Crippen MR) is 277 cm³/mol. The van der Waals surface area contributed by atoms with Crippen molar-refractivity contribution in [2.75, 3.05) is 9.80 Å². The first-order chi connectivity index (χ1) is 29.6. The van der Waals surface area contributed by atoms with Crippen LogP contribution < -0.4 is 9.80 Å². The van der Waals surface area contributed by atoms with E-state index in [1.807, 2.05) is 45.3 Å². The number of hydrogen-bond acceptors (Lipinski definition) is 6. The first-order valence-corrected chi connectivity index (χ1v) is 25.1. The molecule has 4 heterocycles. The second kappa shape index (κ2) is 13.8. The van der Waals surface area contributed by atoms with Crippen LogP contribution in [0.15, 0.2) is 97.1 Å². The molecule has 0 spiro atoms. The molecule has 62 heavy (non-hydrogen) atoms. The number of para-hydroxylation sites is 4. The molecule has 310 valence electrons. The van der Waals surface area contributed by atoms with Crippen molar-refractivity contribution in [2.24, 2.45) is 0 Å². The molecule has 0 amide bonds. The topological polar surface area (TPSA) is 6.48 Å². The normalized spacial score (nSPS) is 15.0. The highest BCUT2D eigenvalue weighted by atomic mass is 32.1. The van der Waals surface area contributed by atoms with Crippen LogP contribution in [0.4, 0.5) is 34.1 Å². The van der Waals surface area contributed by atoms with Crippen molar-refractivity contribution in [1.29, 1.82) is 0 Å². The predicted octanol–water partition coefficient (Wildman–Crippen LogP) is 18.4. The van der Waals surface area contributed by atoms with Crippen molar-refractivity contribution < 1.29 is 0 Å². The number of fused-ring (bicyclic) bond motifs is 8. The minimum absolute atomic E-state index is 0.175. The largest absolute Gasteiger partial charge is 0.307 e. The van der Waals surface area contributed by atoms with Gasteiger partial charge in [-0.3, -0.25) is 0 Å². The standard InChI is InChI=1S/C56H52N2S4/c1-29-30(2)34(6)48-47(33(29)5)59-51-45(57-41-25-17-13-21-37(41)55(9,10)38-22-14-18-26-42(38)57)53-54(62-50-36(8)32(4)31(3)35(7)49(50)61-53)46(52(51)60-48)58-43-27-19-15-23-39(43)56(11,12)40-24-16-20-28-44(40)58/h13-28H,1-12H3. The van der Waals surface area contributed by atoms with Gasteiger partial charge in [0.25, 0.3) is 0 Å². The van der Waals surface area contributed by atoms with E-state index in [2.05, 4.69) is 190 Å². The zero-order valence-corrected chi connectivity index (χ0v) is 41.0. The summed E-state index contributed by atoms with van der Waals surface area (Å²) < 4.78 is 10.9. The van der Waals surface area contributed by atoms with Crippen molar-refractivity contribution in [2.45, 2.75) is 93.9 Å². The van der Waals surface area contributed by atoms with Gasteiger partial charge in [-0.05, 0) is 146 Å². The second-order valence-corrected chi connectivity index (χ2v) is 22.8. The molecule has 0 fully saturated rings. The minimum atomic E-state index is -0.175. The monoisotopic (exact) mass is 880 g/mol. The molecule has 9 aromatic rings. The molecule has 11 rings (SSSR count). The zero-order valence-electron chi connectivity index (χ0n) is 37.8. The summed E-state index contributed by atoms with van der Waals surface area (Å²) in [6.45, 7) is 28.3. The molecule has 0 saturated heterocycles. The van der Waals surface area contributed by atoms with Crippen LogP contribution in [0, 0.1) is 55.4 Å². The van der Waals surface area contributed by atoms with Crippen LogP contribution in [0.1, 0.15) is 94.5 Å². The van der Waals surface area contributed by atoms with Crippen LogP contribution in [-0.2, 0) is 10.8 Å². The van der Waals surface area contributed by atoms with Gasteiger partial charge in [0.2, 0.25) is 0 Å². The van der Waals surface area contributed by atoms with E-state index in [1.165, 1.54) is 138 Å². The summed E-state index contributed by atoms with van der Waals surface area (Å²) in [6.07, 6.45) is 0. The van der Waals surface area contributed by atoms with Crippen LogP contribution >= 0.6 is 45.3 Å². The van der Waals surface area contributed by atoms with Crippen LogP contribution in [0.25, 0.3) is 37.6 Å². The number of nitrogens with zero attached hydrogens (tertiary/aromatic N) is 2. The molecule has 0 bridgehead atoms. The number of benzene rings is 7. The first kappa shape index (κ1) is 39.8. The maximum Gasteiger partial charge on any atom is 0.0838 e. The lowest BCUT2D eigenvalue weighted by Crippen LogP contribution is -2.31. The van der Waals surface area contributed by atoms with Crippen LogP contribution in [0.2, 0.25) is 0 Å². The maximum atomic E-state index is 2.67. The summed E-state index contributed by atoms with van der Waals surface area (Å²) in [5.41, 5.74) is 23.8. The number of hydrogen-bond donors (Lipinski definition) is 0. The molecule has 2 aliphatic heterocycles. The van der Waals surface area contributed by atoms with Gasteiger partial charge in [-0.2, -0.15) is 0 Å². The Balaban J connectivity index is 1.44. The van der Waals surface area contributed by atoms with Crippen molar-refractivity contribution >= 4 is 117 Å². The Morgan fingerprint density at radius 1 is 0.290 bits per heavy atom. The SMILES string of the molecule is Cc1c(C)c(C)c2sc3c(N4c5ccccc5C(C)(C)c5ccccc54)c4sc5c(C)c(C)c(C)c(C)c5sc4c(N4c5ccccc5C(C)(C)c5ccccc54)c3sc2c1C. The van der Waals surface area contributed by atoms with Gasteiger partial charge in [0.05, 0.1) is 52.9 Å². The highest BCUT2D eigenvalue weighted by molar-refractivity contribution is 7.40. The molecule has 7 aromatic carbocycles. The molecular weight excluding hydrogens is 829 g/mol. The fraction of sp³-hybridized carbons (Fsp3) is 0.250. The van der Waals surface area contributed by atoms with Gasteiger partial charge in [-0.25, -0.2) is 0 Å². The Morgan fingerprint density at radius 3 is 0.726 bits per heavy atom. The van der Waals surface area contributed by atoms with E-state index in [4.69, 9.17) is 0 Å². The first-order valence-electron chi connectivity index (χ1n) is 21.8. The third-order valence-electron chi connectivity index (χ3n) is 15.0. The molecule has 6 heteroatoms. The molecule has 0 N–H and O–H groups in total. The van der Waals surface area contributed by atoms with Gasteiger partial charge in [0, 0.05) is 29.6 Å². The van der Waals surface area contributed by atoms with E-state index >= 15 is 0 Å². The Kier molecular flexibility index (Phi) is 8.84. The molecule has 2 nitrogen and oxygen atoms in total. The summed E-state index contributed by atoms with van der Waals surface area (Å²) in [4.78, 5) is 5.34. The Labute approximate surface area is 382 Å². The second-order valence-electron chi connectivity index (χ2n) is 18.7. The Bertz CT molecular complexity index is 3020. The van der Waals surface area contributed by atoms with Crippen molar-refractivity contribution in [1.82, 2.24) is 0 Å². The van der Waals surface area contributed by atoms with Gasteiger partial charge in [-0.1, -0.05) is 100 Å². The van der Waals surface area contributed by atoms with Gasteiger partial charge < -0.3 is 9.80 Å². The van der Waals surface area contributed by atoms with Gasteiger partial charge in [0.1, 0.15) is 0 Å². The number of rotatable bonds is 2. The highest BCUT2D eigenvalue weighted by Crippen LogP contribution is 2.63.